The molecule has 0 aliphatic carbocycles. The van der Waals surface area contributed by atoms with Gasteiger partial charge in [-0.3, -0.25) is 0 Å². The maximum atomic E-state index is 10.2. The summed E-state index contributed by atoms with van der Waals surface area (Å²) in [5.74, 6) is -1.92. The van der Waals surface area contributed by atoms with Crippen LogP contribution in [0.3, 0.4) is 0 Å². The van der Waals surface area contributed by atoms with Gasteiger partial charge in [-0.1, -0.05) is 12.2 Å². The standard InChI is InChI=1S/C14H22O7/c15-13(16)5-1-3-7-19-9-11-21-12-10-20-8-4-2-6-14(17)18/h1-2,5-6H,3-4,7-12H2,(H,15,16)(H,17,18). The molecule has 0 rings (SSSR count). The number of hydrogen-bond acceptors (Lipinski definition) is 5. The van der Waals surface area contributed by atoms with Gasteiger partial charge in [0, 0.05) is 12.2 Å². The van der Waals surface area contributed by atoms with Crippen molar-refractivity contribution >= 4 is 11.9 Å². The SMILES string of the molecule is O=C(O)C=CCCOCCOCCOCCC=CC(=O)O. The molecule has 0 aromatic carbocycles. The van der Waals surface area contributed by atoms with Crippen molar-refractivity contribution in [3.05, 3.63) is 24.3 Å². The Morgan fingerprint density at radius 2 is 1.00 bits per heavy atom. The van der Waals surface area contributed by atoms with Crippen LogP contribution in [-0.2, 0) is 23.8 Å². The molecule has 0 amide bonds. The van der Waals surface area contributed by atoms with Gasteiger partial charge in [-0.15, -0.1) is 0 Å². The lowest BCUT2D eigenvalue weighted by Gasteiger charge is -2.05. The van der Waals surface area contributed by atoms with Crippen molar-refractivity contribution in [3.8, 4) is 0 Å². The molecule has 0 aliphatic heterocycles. The number of carboxylic acid groups (broad SMARTS) is 2. The van der Waals surface area contributed by atoms with Gasteiger partial charge < -0.3 is 24.4 Å². The topological polar surface area (TPSA) is 102 Å². The molecular formula is C14H22O7. The summed E-state index contributed by atoms with van der Waals surface area (Å²) in [7, 11) is 0. The van der Waals surface area contributed by atoms with E-state index in [0.717, 1.165) is 12.2 Å². The highest BCUT2D eigenvalue weighted by Crippen LogP contribution is 1.88. The first-order valence-corrected chi connectivity index (χ1v) is 6.65. The van der Waals surface area contributed by atoms with E-state index in [2.05, 4.69) is 0 Å². The first-order valence-electron chi connectivity index (χ1n) is 6.65. The van der Waals surface area contributed by atoms with Crippen LogP contribution in [0.5, 0.6) is 0 Å². The summed E-state index contributed by atoms with van der Waals surface area (Å²) < 4.78 is 15.7. The minimum atomic E-state index is -0.961. The monoisotopic (exact) mass is 302 g/mol. The fourth-order valence-corrected chi connectivity index (χ4v) is 1.21. The van der Waals surface area contributed by atoms with Gasteiger partial charge in [0.05, 0.1) is 39.6 Å². The number of hydrogen-bond donors (Lipinski definition) is 2. The van der Waals surface area contributed by atoms with Crippen molar-refractivity contribution in [2.45, 2.75) is 12.8 Å². The van der Waals surface area contributed by atoms with Gasteiger partial charge in [-0.05, 0) is 12.8 Å². The number of carbonyl (C=O) groups is 2. The molecule has 0 aromatic heterocycles. The minimum Gasteiger partial charge on any atom is -0.478 e. The Morgan fingerprint density at radius 1 is 0.667 bits per heavy atom. The zero-order valence-corrected chi connectivity index (χ0v) is 11.9. The van der Waals surface area contributed by atoms with Gasteiger partial charge in [-0.2, -0.15) is 0 Å². The summed E-state index contributed by atoms with van der Waals surface area (Å²) in [5, 5.41) is 16.7. The molecule has 21 heavy (non-hydrogen) atoms. The maximum absolute atomic E-state index is 10.2. The third kappa shape index (κ3) is 18.3. The van der Waals surface area contributed by atoms with E-state index in [4.69, 9.17) is 24.4 Å². The highest BCUT2D eigenvalue weighted by Gasteiger charge is 1.92. The first-order chi connectivity index (χ1) is 10.1. The van der Waals surface area contributed by atoms with Crippen LogP contribution in [0.4, 0.5) is 0 Å². The van der Waals surface area contributed by atoms with Crippen LogP contribution in [0.1, 0.15) is 12.8 Å². The predicted molar refractivity (Wildman–Crippen MR) is 75.2 cm³/mol. The second-order valence-electron chi connectivity index (χ2n) is 3.90. The van der Waals surface area contributed by atoms with Crippen molar-refractivity contribution < 1.29 is 34.0 Å². The minimum absolute atomic E-state index is 0.447. The number of ether oxygens (including phenoxy) is 3. The van der Waals surface area contributed by atoms with Crippen molar-refractivity contribution in [2.75, 3.05) is 39.6 Å². The fourth-order valence-electron chi connectivity index (χ4n) is 1.21. The van der Waals surface area contributed by atoms with E-state index in [1.165, 1.54) is 12.2 Å². The zero-order valence-electron chi connectivity index (χ0n) is 11.9. The van der Waals surface area contributed by atoms with Gasteiger partial charge in [-0.25, -0.2) is 9.59 Å². The molecule has 0 radical (unpaired) electrons. The summed E-state index contributed by atoms with van der Waals surface area (Å²) in [4.78, 5) is 20.3. The Morgan fingerprint density at radius 3 is 1.33 bits per heavy atom. The van der Waals surface area contributed by atoms with Gasteiger partial charge in [0.1, 0.15) is 0 Å². The van der Waals surface area contributed by atoms with Gasteiger partial charge >= 0.3 is 11.9 Å². The van der Waals surface area contributed by atoms with Crippen molar-refractivity contribution in [2.24, 2.45) is 0 Å². The Kier molecular flexibility index (Phi) is 13.5. The maximum Gasteiger partial charge on any atom is 0.327 e. The molecule has 0 fully saturated rings. The molecule has 0 spiro atoms. The zero-order chi connectivity index (χ0) is 15.8. The van der Waals surface area contributed by atoms with E-state index in [9.17, 15) is 9.59 Å². The highest BCUT2D eigenvalue weighted by molar-refractivity contribution is 5.79. The summed E-state index contributed by atoms with van der Waals surface area (Å²) in [6, 6.07) is 0. The van der Waals surface area contributed by atoms with Crippen LogP contribution >= 0.6 is 0 Å². The van der Waals surface area contributed by atoms with Gasteiger partial charge in [0.2, 0.25) is 0 Å². The molecule has 7 nitrogen and oxygen atoms in total. The average Bonchev–Trinajstić information content (AvgIpc) is 2.42. The lowest BCUT2D eigenvalue weighted by Crippen LogP contribution is -2.10. The van der Waals surface area contributed by atoms with Gasteiger partial charge in [0.15, 0.2) is 0 Å². The molecule has 0 aromatic rings. The second kappa shape index (κ2) is 14.7. The Bertz CT molecular complexity index is 304. The molecule has 7 heteroatoms. The number of carboxylic acids is 2. The molecular weight excluding hydrogens is 280 g/mol. The normalized spacial score (nSPS) is 11.4. The van der Waals surface area contributed by atoms with E-state index >= 15 is 0 Å². The molecule has 0 unspecified atom stereocenters. The van der Waals surface area contributed by atoms with Crippen LogP contribution in [0.15, 0.2) is 24.3 Å². The summed E-state index contributed by atoms with van der Waals surface area (Å²) in [5.41, 5.74) is 0. The van der Waals surface area contributed by atoms with Crippen LogP contribution in [-0.4, -0.2) is 61.8 Å². The van der Waals surface area contributed by atoms with Crippen molar-refractivity contribution in [1.29, 1.82) is 0 Å². The third-order valence-corrected chi connectivity index (χ3v) is 2.12. The van der Waals surface area contributed by atoms with Gasteiger partial charge in [0.25, 0.3) is 0 Å². The Hall–Kier alpha value is -1.70. The molecule has 0 aliphatic rings. The lowest BCUT2D eigenvalue weighted by molar-refractivity contribution is -0.132. The van der Waals surface area contributed by atoms with Crippen LogP contribution in [0.25, 0.3) is 0 Å². The predicted octanol–water partition coefficient (Wildman–Crippen LogP) is 1.10. The lowest BCUT2D eigenvalue weighted by atomic mass is 10.4. The van der Waals surface area contributed by atoms with E-state index in [-0.39, 0.29) is 0 Å². The molecule has 0 saturated heterocycles. The molecule has 0 bridgehead atoms. The summed E-state index contributed by atoms with van der Waals surface area (Å²) >= 11 is 0. The van der Waals surface area contributed by atoms with Crippen molar-refractivity contribution in [3.63, 3.8) is 0 Å². The van der Waals surface area contributed by atoms with E-state index in [1.807, 2.05) is 0 Å². The van der Waals surface area contributed by atoms with Crippen LogP contribution in [0, 0.1) is 0 Å². The number of aliphatic carboxylic acids is 2. The molecule has 0 saturated carbocycles. The second-order valence-corrected chi connectivity index (χ2v) is 3.90. The molecule has 0 atom stereocenters. The van der Waals surface area contributed by atoms with E-state index in [1.54, 1.807) is 0 Å². The quantitative estimate of drug-likeness (QED) is 0.366. The van der Waals surface area contributed by atoms with Crippen LogP contribution in [0.2, 0.25) is 0 Å². The van der Waals surface area contributed by atoms with Crippen molar-refractivity contribution in [1.82, 2.24) is 0 Å². The smallest absolute Gasteiger partial charge is 0.327 e. The van der Waals surface area contributed by atoms with E-state index in [0.29, 0.717) is 52.5 Å². The third-order valence-electron chi connectivity index (χ3n) is 2.12. The Labute approximate surface area is 123 Å². The molecule has 2 N–H and O–H groups in total. The van der Waals surface area contributed by atoms with Crippen LogP contribution < -0.4 is 0 Å². The largest absolute Gasteiger partial charge is 0.478 e. The fraction of sp³-hybridized carbons (Fsp3) is 0.571. The Balaban J connectivity index is 3.12. The summed E-state index contributed by atoms with van der Waals surface area (Å²) in [6.07, 6.45) is 6.36. The highest BCUT2D eigenvalue weighted by atomic mass is 16.5. The summed E-state index contributed by atoms with van der Waals surface area (Å²) in [6.45, 7) is 2.71. The average molecular weight is 302 g/mol. The molecule has 0 heterocycles. The first kappa shape index (κ1) is 19.3. The van der Waals surface area contributed by atoms with E-state index < -0.39 is 11.9 Å². The molecule has 120 valence electrons. The number of rotatable bonds is 14.